The second kappa shape index (κ2) is 4.74. The molecule has 0 radical (unpaired) electrons. The molecule has 92 valence electrons. The third-order valence-electron chi connectivity index (χ3n) is 2.04. The van der Waals surface area contributed by atoms with Crippen LogP contribution in [0.2, 0.25) is 0 Å². The number of nitrogen functional groups attached to an aromatic ring is 1. The van der Waals surface area contributed by atoms with Crippen molar-refractivity contribution >= 4 is 17.4 Å². The first kappa shape index (κ1) is 11.9. The van der Waals surface area contributed by atoms with Gasteiger partial charge in [0, 0.05) is 11.8 Å². The summed E-state index contributed by atoms with van der Waals surface area (Å²) in [5, 5.41) is 9.34. The molecule has 0 unspecified atom stereocenters. The molecule has 0 aliphatic carbocycles. The van der Waals surface area contributed by atoms with E-state index in [2.05, 4.69) is 15.5 Å². The number of carbonyl (C=O) groups is 1. The van der Waals surface area contributed by atoms with Gasteiger partial charge in [0.05, 0.1) is 0 Å². The predicted molar refractivity (Wildman–Crippen MR) is 60.8 cm³/mol. The van der Waals surface area contributed by atoms with E-state index < -0.39 is 17.5 Å². The molecule has 2 aromatic rings. The van der Waals surface area contributed by atoms with E-state index >= 15 is 0 Å². The molecule has 0 atom stereocenters. The van der Waals surface area contributed by atoms with Gasteiger partial charge in [0.2, 0.25) is 0 Å². The topological polar surface area (TPSA) is 80.9 Å². The normalized spacial score (nSPS) is 10.1. The fourth-order valence-corrected chi connectivity index (χ4v) is 1.28. The largest absolute Gasteiger partial charge is 0.382 e. The van der Waals surface area contributed by atoms with E-state index in [1.807, 2.05) is 0 Å². The summed E-state index contributed by atoms with van der Waals surface area (Å²) in [4.78, 5) is 11.6. The van der Waals surface area contributed by atoms with Crippen LogP contribution in [0.4, 0.5) is 20.3 Å². The minimum absolute atomic E-state index is 0.00359. The summed E-state index contributed by atoms with van der Waals surface area (Å²) in [6.45, 7) is 0. The Bertz CT molecular complexity index is 566. The Morgan fingerprint density at radius 2 is 1.78 bits per heavy atom. The summed E-state index contributed by atoms with van der Waals surface area (Å²) in [6, 6.07) is 5.44. The number of rotatable bonds is 2. The first-order chi connectivity index (χ1) is 8.54. The van der Waals surface area contributed by atoms with Crippen LogP contribution in [0.15, 0.2) is 30.3 Å². The van der Waals surface area contributed by atoms with Crippen molar-refractivity contribution in [2.75, 3.05) is 11.1 Å². The highest BCUT2D eigenvalue weighted by Crippen LogP contribution is 2.13. The third kappa shape index (κ3) is 2.76. The monoisotopic (exact) mass is 250 g/mol. The van der Waals surface area contributed by atoms with Gasteiger partial charge in [-0.25, -0.2) is 8.78 Å². The summed E-state index contributed by atoms with van der Waals surface area (Å²) in [5.41, 5.74) is 5.31. The fraction of sp³-hybridized carbons (Fsp3) is 0. The van der Waals surface area contributed by atoms with E-state index in [4.69, 9.17) is 5.73 Å². The lowest BCUT2D eigenvalue weighted by Gasteiger charge is -2.04. The predicted octanol–water partition coefficient (Wildman–Crippen LogP) is 1.59. The number of carbonyl (C=O) groups excluding carboxylic acids is 1. The van der Waals surface area contributed by atoms with Gasteiger partial charge < -0.3 is 11.1 Å². The molecule has 5 nitrogen and oxygen atoms in total. The van der Waals surface area contributed by atoms with Gasteiger partial charge in [0.1, 0.15) is 17.5 Å². The average molecular weight is 250 g/mol. The van der Waals surface area contributed by atoms with E-state index in [9.17, 15) is 13.6 Å². The number of hydrogen-bond acceptors (Lipinski definition) is 4. The number of amides is 1. The van der Waals surface area contributed by atoms with Crippen LogP contribution in [0.25, 0.3) is 0 Å². The van der Waals surface area contributed by atoms with Crippen molar-refractivity contribution in [3.05, 3.63) is 47.7 Å². The van der Waals surface area contributed by atoms with Crippen molar-refractivity contribution in [2.45, 2.75) is 0 Å². The first-order valence-electron chi connectivity index (χ1n) is 4.91. The Hall–Kier alpha value is -2.57. The Morgan fingerprint density at radius 1 is 1.11 bits per heavy atom. The minimum atomic E-state index is -0.784. The lowest BCUT2D eigenvalue weighted by atomic mass is 10.3. The smallest absolute Gasteiger partial charge is 0.276 e. The molecule has 1 heterocycles. The maximum Gasteiger partial charge on any atom is 0.276 e. The SMILES string of the molecule is Nc1ccc(C(=O)Nc2cc(F)cc(F)c2)nn1. The van der Waals surface area contributed by atoms with Crippen molar-refractivity contribution in [3.8, 4) is 0 Å². The molecule has 3 N–H and O–H groups in total. The van der Waals surface area contributed by atoms with Crippen molar-refractivity contribution in [2.24, 2.45) is 0 Å². The number of anilines is 2. The third-order valence-corrected chi connectivity index (χ3v) is 2.04. The van der Waals surface area contributed by atoms with E-state index in [0.29, 0.717) is 6.07 Å². The Balaban J connectivity index is 2.18. The number of nitrogens with zero attached hydrogens (tertiary/aromatic N) is 2. The fourth-order valence-electron chi connectivity index (χ4n) is 1.28. The van der Waals surface area contributed by atoms with Crippen molar-refractivity contribution in [1.29, 1.82) is 0 Å². The highest BCUT2D eigenvalue weighted by atomic mass is 19.1. The van der Waals surface area contributed by atoms with Gasteiger partial charge in [-0.3, -0.25) is 4.79 Å². The molecular formula is C11H8F2N4O. The average Bonchev–Trinajstić information content (AvgIpc) is 2.28. The number of benzene rings is 1. The maximum absolute atomic E-state index is 12.9. The van der Waals surface area contributed by atoms with Crippen LogP contribution < -0.4 is 11.1 Å². The Kier molecular flexibility index (Phi) is 3.13. The molecule has 18 heavy (non-hydrogen) atoms. The molecule has 0 spiro atoms. The first-order valence-corrected chi connectivity index (χ1v) is 4.91. The second-order valence-corrected chi connectivity index (χ2v) is 3.46. The number of nitrogens with one attached hydrogen (secondary N) is 1. The maximum atomic E-state index is 12.9. The van der Waals surface area contributed by atoms with Crippen molar-refractivity contribution < 1.29 is 13.6 Å². The second-order valence-electron chi connectivity index (χ2n) is 3.46. The van der Waals surface area contributed by atoms with Crippen LogP contribution in [-0.2, 0) is 0 Å². The minimum Gasteiger partial charge on any atom is -0.382 e. The van der Waals surface area contributed by atoms with E-state index in [0.717, 1.165) is 12.1 Å². The molecule has 1 aromatic carbocycles. The summed E-state index contributed by atoms with van der Waals surface area (Å²) in [5.74, 6) is -2.03. The summed E-state index contributed by atoms with van der Waals surface area (Å²) in [7, 11) is 0. The lowest BCUT2D eigenvalue weighted by molar-refractivity contribution is 0.102. The zero-order chi connectivity index (χ0) is 13.1. The molecule has 2 rings (SSSR count). The summed E-state index contributed by atoms with van der Waals surface area (Å²) < 4.78 is 25.8. The molecule has 1 amide bonds. The van der Waals surface area contributed by atoms with Gasteiger partial charge in [0.15, 0.2) is 5.69 Å². The van der Waals surface area contributed by atoms with E-state index in [-0.39, 0.29) is 17.2 Å². The standard InChI is InChI=1S/C11H8F2N4O/c12-6-3-7(13)5-8(4-6)15-11(18)9-1-2-10(14)17-16-9/h1-5H,(H2,14,17)(H,15,18). The summed E-state index contributed by atoms with van der Waals surface area (Å²) >= 11 is 0. The van der Waals surface area contributed by atoms with Gasteiger partial charge >= 0.3 is 0 Å². The molecule has 0 fully saturated rings. The number of halogens is 2. The Morgan fingerprint density at radius 3 is 2.33 bits per heavy atom. The van der Waals surface area contributed by atoms with Gasteiger partial charge in [-0.2, -0.15) is 0 Å². The van der Waals surface area contributed by atoms with Crippen LogP contribution in [0.5, 0.6) is 0 Å². The molecule has 0 aliphatic rings. The lowest BCUT2D eigenvalue weighted by Crippen LogP contribution is -2.14. The van der Waals surface area contributed by atoms with Crippen LogP contribution in [-0.4, -0.2) is 16.1 Å². The number of aromatic nitrogens is 2. The van der Waals surface area contributed by atoms with Gasteiger partial charge in [0.25, 0.3) is 5.91 Å². The van der Waals surface area contributed by atoms with Crippen LogP contribution in [0.1, 0.15) is 10.5 Å². The molecule has 0 bridgehead atoms. The highest BCUT2D eigenvalue weighted by molar-refractivity contribution is 6.02. The van der Waals surface area contributed by atoms with Crippen LogP contribution in [0.3, 0.4) is 0 Å². The number of hydrogen-bond donors (Lipinski definition) is 2. The Labute approximate surface area is 101 Å². The molecule has 0 saturated heterocycles. The quantitative estimate of drug-likeness (QED) is 0.848. The van der Waals surface area contributed by atoms with E-state index in [1.165, 1.54) is 12.1 Å². The zero-order valence-electron chi connectivity index (χ0n) is 9.02. The highest BCUT2D eigenvalue weighted by Gasteiger charge is 2.09. The molecule has 0 aliphatic heterocycles. The molecule has 0 saturated carbocycles. The molecule has 7 heteroatoms. The van der Waals surface area contributed by atoms with Crippen molar-refractivity contribution in [3.63, 3.8) is 0 Å². The van der Waals surface area contributed by atoms with Gasteiger partial charge in [-0.15, -0.1) is 10.2 Å². The van der Waals surface area contributed by atoms with Crippen LogP contribution in [0, 0.1) is 11.6 Å². The van der Waals surface area contributed by atoms with E-state index in [1.54, 1.807) is 0 Å². The van der Waals surface area contributed by atoms with Gasteiger partial charge in [-0.05, 0) is 24.3 Å². The van der Waals surface area contributed by atoms with Crippen molar-refractivity contribution in [1.82, 2.24) is 10.2 Å². The van der Waals surface area contributed by atoms with Gasteiger partial charge in [-0.1, -0.05) is 0 Å². The molecular weight excluding hydrogens is 242 g/mol. The number of nitrogens with two attached hydrogens (primary N) is 1. The van der Waals surface area contributed by atoms with Crippen LogP contribution >= 0.6 is 0 Å². The zero-order valence-corrected chi connectivity index (χ0v) is 9.02. The molecule has 1 aromatic heterocycles. The summed E-state index contributed by atoms with van der Waals surface area (Å²) in [6.07, 6.45) is 0.